The van der Waals surface area contributed by atoms with Crippen molar-refractivity contribution in [2.75, 3.05) is 6.54 Å². The molecule has 3 heteroatoms. The molecule has 1 heterocycles. The fourth-order valence-electron chi connectivity index (χ4n) is 2.17. The second kappa shape index (κ2) is 2.55. The van der Waals surface area contributed by atoms with Crippen molar-refractivity contribution in [3.05, 3.63) is 0 Å². The Balaban J connectivity index is 2.23. The standard InChI is InChI=1S/C10H14N2O/c1-10(2)9(13)7(5-11)6-12(10)8-3-4-8/h7-8H,3-4,6H2,1-2H3. The van der Waals surface area contributed by atoms with Crippen molar-refractivity contribution < 1.29 is 4.79 Å². The molecule has 3 nitrogen and oxygen atoms in total. The van der Waals surface area contributed by atoms with Gasteiger partial charge in [0.15, 0.2) is 5.78 Å². The second-order valence-electron chi connectivity index (χ2n) is 4.49. The average molecular weight is 178 g/mol. The molecule has 0 N–H and O–H groups in total. The Morgan fingerprint density at radius 3 is 2.54 bits per heavy atom. The van der Waals surface area contributed by atoms with Gasteiger partial charge >= 0.3 is 0 Å². The predicted molar refractivity (Wildman–Crippen MR) is 47.9 cm³/mol. The van der Waals surface area contributed by atoms with E-state index in [0.717, 1.165) is 0 Å². The molecule has 0 aromatic heterocycles. The zero-order valence-electron chi connectivity index (χ0n) is 8.08. The summed E-state index contributed by atoms with van der Waals surface area (Å²) in [5, 5.41) is 8.79. The summed E-state index contributed by atoms with van der Waals surface area (Å²) in [6.45, 7) is 4.52. The third-order valence-corrected chi connectivity index (χ3v) is 3.16. The van der Waals surface area contributed by atoms with E-state index in [1.165, 1.54) is 12.8 Å². The minimum Gasteiger partial charge on any atom is -0.296 e. The smallest absolute Gasteiger partial charge is 0.170 e. The summed E-state index contributed by atoms with van der Waals surface area (Å²) in [7, 11) is 0. The number of likely N-dealkylation sites (tertiary alicyclic amines) is 1. The summed E-state index contributed by atoms with van der Waals surface area (Å²) in [5.74, 6) is -0.294. The first-order valence-electron chi connectivity index (χ1n) is 4.78. The fraction of sp³-hybridized carbons (Fsp3) is 0.800. The zero-order valence-corrected chi connectivity index (χ0v) is 8.08. The molecule has 2 fully saturated rings. The van der Waals surface area contributed by atoms with Crippen LogP contribution < -0.4 is 0 Å². The van der Waals surface area contributed by atoms with Gasteiger partial charge in [-0.15, -0.1) is 0 Å². The van der Waals surface area contributed by atoms with E-state index in [1.807, 2.05) is 13.8 Å². The van der Waals surface area contributed by atoms with Crippen molar-refractivity contribution >= 4 is 5.78 Å². The van der Waals surface area contributed by atoms with Gasteiger partial charge in [-0.05, 0) is 26.7 Å². The molecule has 2 aliphatic rings. The highest BCUT2D eigenvalue weighted by Gasteiger charge is 2.51. The van der Waals surface area contributed by atoms with Crippen LogP contribution in [0.4, 0.5) is 0 Å². The third-order valence-electron chi connectivity index (χ3n) is 3.16. The van der Waals surface area contributed by atoms with E-state index in [1.54, 1.807) is 0 Å². The number of hydrogen-bond acceptors (Lipinski definition) is 3. The van der Waals surface area contributed by atoms with E-state index in [9.17, 15) is 4.79 Å². The number of nitrogens with zero attached hydrogens (tertiary/aromatic N) is 2. The molecule has 13 heavy (non-hydrogen) atoms. The number of ketones is 1. The molecule has 2 rings (SSSR count). The van der Waals surface area contributed by atoms with Crippen LogP contribution in [0.3, 0.4) is 0 Å². The molecule has 1 atom stereocenters. The number of rotatable bonds is 1. The maximum Gasteiger partial charge on any atom is 0.170 e. The van der Waals surface area contributed by atoms with Gasteiger partial charge in [-0.1, -0.05) is 0 Å². The van der Waals surface area contributed by atoms with Crippen molar-refractivity contribution in [2.45, 2.75) is 38.3 Å². The van der Waals surface area contributed by atoms with Gasteiger partial charge in [0.2, 0.25) is 0 Å². The maximum absolute atomic E-state index is 11.7. The van der Waals surface area contributed by atoms with Crippen LogP contribution >= 0.6 is 0 Å². The van der Waals surface area contributed by atoms with E-state index in [0.29, 0.717) is 12.6 Å². The highest BCUT2D eigenvalue weighted by Crippen LogP contribution is 2.39. The fourth-order valence-corrected chi connectivity index (χ4v) is 2.17. The summed E-state index contributed by atoms with van der Waals surface area (Å²) in [6, 6.07) is 2.66. The summed E-state index contributed by atoms with van der Waals surface area (Å²) in [4.78, 5) is 13.9. The molecule has 0 radical (unpaired) electrons. The van der Waals surface area contributed by atoms with Crippen LogP contribution in [0.1, 0.15) is 26.7 Å². The van der Waals surface area contributed by atoms with Crippen molar-refractivity contribution in [1.29, 1.82) is 5.26 Å². The molecule has 0 aromatic rings. The Morgan fingerprint density at radius 1 is 1.54 bits per heavy atom. The first kappa shape index (κ1) is 8.71. The lowest BCUT2D eigenvalue weighted by molar-refractivity contribution is -0.125. The van der Waals surface area contributed by atoms with E-state index in [2.05, 4.69) is 11.0 Å². The zero-order chi connectivity index (χ0) is 9.64. The number of hydrogen-bond donors (Lipinski definition) is 0. The molecule has 0 aromatic carbocycles. The van der Waals surface area contributed by atoms with E-state index < -0.39 is 11.5 Å². The SMILES string of the molecule is CC1(C)C(=O)C(C#N)CN1C1CC1. The van der Waals surface area contributed by atoms with Crippen LogP contribution in [-0.2, 0) is 4.79 Å². The van der Waals surface area contributed by atoms with Crippen LogP contribution in [0.15, 0.2) is 0 Å². The van der Waals surface area contributed by atoms with Gasteiger partial charge in [0.1, 0.15) is 5.92 Å². The van der Waals surface area contributed by atoms with Gasteiger partial charge in [-0.3, -0.25) is 9.69 Å². The van der Waals surface area contributed by atoms with Gasteiger partial charge in [0.25, 0.3) is 0 Å². The largest absolute Gasteiger partial charge is 0.296 e. The van der Waals surface area contributed by atoms with Crippen molar-refractivity contribution in [3.8, 4) is 6.07 Å². The molecule has 0 bridgehead atoms. The van der Waals surface area contributed by atoms with Crippen LogP contribution in [0, 0.1) is 17.2 Å². The quantitative estimate of drug-likeness (QED) is 0.600. The van der Waals surface area contributed by atoms with Gasteiger partial charge < -0.3 is 0 Å². The Labute approximate surface area is 78.3 Å². The molecular formula is C10H14N2O. The Bertz CT molecular complexity index is 286. The third kappa shape index (κ3) is 1.17. The highest BCUT2D eigenvalue weighted by atomic mass is 16.1. The number of nitriles is 1. The molecular weight excluding hydrogens is 164 g/mol. The predicted octanol–water partition coefficient (Wildman–Crippen LogP) is 0.952. The average Bonchev–Trinajstić information content (AvgIpc) is 2.85. The normalized spacial score (nSPS) is 33.3. The molecule has 1 saturated carbocycles. The van der Waals surface area contributed by atoms with Crippen LogP contribution in [0.5, 0.6) is 0 Å². The second-order valence-corrected chi connectivity index (χ2v) is 4.49. The van der Waals surface area contributed by atoms with Gasteiger partial charge in [0, 0.05) is 12.6 Å². The highest BCUT2D eigenvalue weighted by molar-refractivity contribution is 5.93. The monoisotopic (exact) mass is 178 g/mol. The summed E-state index contributed by atoms with van der Waals surface area (Å²) in [5.41, 5.74) is -0.401. The Morgan fingerprint density at radius 2 is 2.15 bits per heavy atom. The summed E-state index contributed by atoms with van der Waals surface area (Å²) < 4.78 is 0. The maximum atomic E-state index is 11.7. The van der Waals surface area contributed by atoms with Crippen molar-refractivity contribution in [1.82, 2.24) is 4.90 Å². The minimum atomic E-state index is -0.401. The Hall–Kier alpha value is -0.880. The first-order valence-corrected chi connectivity index (χ1v) is 4.78. The van der Waals surface area contributed by atoms with Crippen LogP contribution in [-0.4, -0.2) is 28.8 Å². The lowest BCUT2D eigenvalue weighted by Gasteiger charge is -2.29. The van der Waals surface area contributed by atoms with E-state index in [-0.39, 0.29) is 5.78 Å². The lowest BCUT2D eigenvalue weighted by atomic mass is 9.95. The summed E-state index contributed by atoms with van der Waals surface area (Å²) >= 11 is 0. The van der Waals surface area contributed by atoms with Crippen LogP contribution in [0.25, 0.3) is 0 Å². The van der Waals surface area contributed by atoms with E-state index in [4.69, 9.17) is 5.26 Å². The topological polar surface area (TPSA) is 44.1 Å². The Kier molecular flexibility index (Phi) is 1.71. The molecule has 1 unspecified atom stereocenters. The van der Waals surface area contributed by atoms with Crippen molar-refractivity contribution in [2.24, 2.45) is 5.92 Å². The first-order chi connectivity index (χ1) is 6.07. The number of Topliss-reactive ketones (excluding diaryl/α,β-unsaturated/α-hetero) is 1. The number of carbonyl (C=O) groups excluding carboxylic acids is 1. The lowest BCUT2D eigenvalue weighted by Crippen LogP contribution is -2.44. The minimum absolute atomic E-state index is 0.0990. The van der Waals surface area contributed by atoms with Gasteiger partial charge in [-0.25, -0.2) is 0 Å². The molecule has 1 aliphatic heterocycles. The molecule has 70 valence electrons. The summed E-state index contributed by atoms with van der Waals surface area (Å²) in [6.07, 6.45) is 2.38. The van der Waals surface area contributed by atoms with E-state index >= 15 is 0 Å². The molecule has 0 amide bonds. The number of carbonyl (C=O) groups is 1. The van der Waals surface area contributed by atoms with Gasteiger partial charge in [0.05, 0.1) is 11.6 Å². The van der Waals surface area contributed by atoms with Crippen LogP contribution in [0.2, 0.25) is 0 Å². The van der Waals surface area contributed by atoms with Crippen molar-refractivity contribution in [3.63, 3.8) is 0 Å². The van der Waals surface area contributed by atoms with Gasteiger partial charge in [-0.2, -0.15) is 5.26 Å². The molecule has 1 saturated heterocycles. The molecule has 1 aliphatic carbocycles. The molecule has 0 spiro atoms.